The number of fused-ring (bicyclic) bond motifs is 1. The number of unbranched alkanes of at least 4 members (excludes halogenated alkanes) is 1. The van der Waals surface area contributed by atoms with Crippen molar-refractivity contribution < 1.29 is 83.4 Å². The van der Waals surface area contributed by atoms with Gasteiger partial charge in [-0.05, 0) is 62.4 Å². The molecule has 1 aliphatic heterocycles. The number of nitrogens with one attached hydrogen (secondary N) is 9. The Kier molecular flexibility index (Phi) is 37.3. The largest absolute Gasteiger partial charge is 0.480 e. The number of hydrogen-bond acceptors (Lipinski definition) is 21. The summed E-state index contributed by atoms with van der Waals surface area (Å²) in [4.78, 5) is 160. The van der Waals surface area contributed by atoms with Gasteiger partial charge in [0.05, 0.1) is 51.0 Å². The van der Waals surface area contributed by atoms with Crippen LogP contribution < -0.4 is 48.3 Å². The van der Waals surface area contributed by atoms with Crippen LogP contribution in [0.4, 0.5) is 0 Å². The van der Waals surface area contributed by atoms with E-state index in [1.807, 2.05) is 0 Å². The van der Waals surface area contributed by atoms with E-state index < -0.39 is 145 Å². The van der Waals surface area contributed by atoms with E-state index >= 15 is 4.79 Å². The number of aromatic amines is 1. The van der Waals surface area contributed by atoms with Gasteiger partial charge in [-0.25, -0.2) is 0 Å². The number of carboxylic acid groups (broad SMARTS) is 3. The number of nitrogens with zero attached hydrogens (tertiary/aromatic N) is 4. The molecule has 17 N–H and O–H groups in total. The Morgan fingerprint density at radius 3 is 1.29 bits per heavy atom. The van der Waals surface area contributed by atoms with Gasteiger partial charge in [0.25, 0.3) is 0 Å². The Hall–Kier alpha value is -7.38. The first-order valence-corrected chi connectivity index (χ1v) is 33.6. The van der Waals surface area contributed by atoms with Gasteiger partial charge in [-0.1, -0.05) is 78.9 Å². The van der Waals surface area contributed by atoms with Crippen LogP contribution in [-0.4, -0.2) is 310 Å². The number of carbonyl (C=O) groups excluding carboxylic acids is 8. The molecule has 10 atom stereocenters. The molecule has 2 heterocycles. The van der Waals surface area contributed by atoms with Crippen LogP contribution in [0.2, 0.25) is 0 Å². The summed E-state index contributed by atoms with van der Waals surface area (Å²) in [6, 6.07) is 13.0. The van der Waals surface area contributed by atoms with Crippen LogP contribution in [0.3, 0.4) is 0 Å². The van der Waals surface area contributed by atoms with Crippen molar-refractivity contribution in [1.82, 2.24) is 67.1 Å². The second kappa shape index (κ2) is 44.0. The molecule has 0 spiro atoms. The molecular formula is C65H94InN14O17S2. The van der Waals surface area contributed by atoms with E-state index in [0.29, 0.717) is 34.0 Å². The number of rotatable bonds is 38. The minimum atomic E-state index is -1.71. The van der Waals surface area contributed by atoms with Gasteiger partial charge in [0.15, 0.2) is 0 Å². The zero-order chi connectivity index (χ0) is 71.8. The van der Waals surface area contributed by atoms with Crippen LogP contribution in [0, 0.1) is 0 Å². The van der Waals surface area contributed by atoms with E-state index in [9.17, 15) is 78.6 Å². The number of H-pyrrole nitrogens is 1. The number of amides is 8. The minimum absolute atomic E-state index is 0. The SMILES string of the molecule is C[C@@H](O)[C@H](NC(=O)[C@H](CCCCN)NC(=O)[C@@H](Cc1c[nH]c2ccccc12)NC(=O)[C@H](Cc1ccccc1)NC(=O)[C@H](CS)NC(=O)[C@@H](Cc1ccccc1)NC(=O)CN1CCN(CC(=O)O)CCN(CC(=O)O)CCN(CC(=O)O)CC1)C(=O)N[C@@H](CS)C(=O)N[C@H](CO)[C@@H](C)O.[111In]. The monoisotopic (exact) mass is 1520 g/mol. The minimum Gasteiger partial charge on any atom is -0.480 e. The summed E-state index contributed by atoms with van der Waals surface area (Å²) in [6.07, 6.45) is -0.913. The summed E-state index contributed by atoms with van der Waals surface area (Å²) in [7, 11) is 0. The van der Waals surface area contributed by atoms with E-state index in [1.165, 1.54) is 13.8 Å². The first-order chi connectivity index (χ1) is 46.8. The molecule has 0 saturated carbocycles. The van der Waals surface area contributed by atoms with E-state index in [1.54, 1.807) is 111 Å². The third-order valence-electron chi connectivity index (χ3n) is 16.3. The van der Waals surface area contributed by atoms with Crippen molar-refractivity contribution in [2.75, 3.05) is 103 Å². The maximum absolute atomic E-state index is 15.0. The number of carbonyl (C=O) groups is 11. The maximum Gasteiger partial charge on any atom is 0.317 e. The van der Waals surface area contributed by atoms with Gasteiger partial charge in [0, 0.05) is 126 Å². The van der Waals surface area contributed by atoms with Crippen LogP contribution in [-0.2, 0) is 72.0 Å². The zero-order valence-electron chi connectivity index (χ0n) is 55.5. The van der Waals surface area contributed by atoms with Crippen LogP contribution in [0.1, 0.15) is 49.8 Å². The second-order valence-corrected chi connectivity index (χ2v) is 24.8. The van der Waals surface area contributed by atoms with Gasteiger partial charge >= 0.3 is 17.9 Å². The molecule has 0 bridgehead atoms. The fourth-order valence-electron chi connectivity index (χ4n) is 10.8. The number of hydrogen-bond donors (Lipinski definition) is 18. The number of aromatic nitrogens is 1. The van der Waals surface area contributed by atoms with Gasteiger partial charge in [-0.15, -0.1) is 0 Å². The molecule has 99 heavy (non-hydrogen) atoms. The standard InChI is InChI=1S/C65H94N14O17S2.In/c1-40(81)51(37-80)72-64(95)53(39-98)74-65(96)58(41(2)82)75-59(90)47(19-11-12-20-66)69-62(93)50(31-44-32-67-46-18-10-9-17-45(44)46)71-61(92)49(30-43-15-7-4-8-16-43)70-63(94)52(38-97)73-60(91)48(29-42-13-5-3-6-14-42)68-54(83)33-76-21-23-77(34-55(84)85)25-27-79(36-57(88)89)28-26-78(24-22-76)35-56(86)87;/h3-10,13-18,32,40-41,47-53,58,67,80-82,97-98H,11-12,19-31,33-39,66H2,1-2H3,(H,68,83)(H,69,93)(H,70,94)(H,71,92)(H,72,95)(H,73,91)(H,74,96)(H,75,90)(H,84,85)(H,86,87)(H,88,89);/t40-,41-,47+,48-,49+,50-,51-,52+,53+,58+;/m1./s1/i;1-4. The Balaban J connectivity index is 0.0000208. The van der Waals surface area contributed by atoms with Crippen molar-refractivity contribution in [3.8, 4) is 0 Å². The summed E-state index contributed by atoms with van der Waals surface area (Å²) in [5.41, 5.74) is 8.27. The third-order valence-corrected chi connectivity index (χ3v) is 17.1. The fraction of sp³-hybridized carbons (Fsp3) is 0.523. The molecule has 1 fully saturated rings. The number of carboxylic acids is 3. The number of para-hydroxylation sites is 1. The molecule has 5 rings (SSSR count). The van der Waals surface area contributed by atoms with E-state index in [-0.39, 0.29) is 141 Å². The molecule has 1 aliphatic rings. The number of aliphatic hydroxyl groups excluding tert-OH is 3. The average Bonchev–Trinajstić information content (AvgIpc) is 1.74. The van der Waals surface area contributed by atoms with Crippen molar-refractivity contribution >= 4 is 127 Å². The molecule has 3 aromatic carbocycles. The van der Waals surface area contributed by atoms with E-state index in [4.69, 9.17) is 5.73 Å². The van der Waals surface area contributed by atoms with E-state index in [0.717, 1.165) is 0 Å². The van der Waals surface area contributed by atoms with Crippen LogP contribution in [0.5, 0.6) is 0 Å². The summed E-state index contributed by atoms with van der Waals surface area (Å²) >= 11 is 8.61. The molecule has 0 aliphatic carbocycles. The topological polar surface area (TPSA) is 460 Å². The van der Waals surface area contributed by atoms with Gasteiger partial charge in [-0.2, -0.15) is 25.3 Å². The summed E-state index contributed by atoms with van der Waals surface area (Å²) in [5.74, 6) is -10.9. The predicted octanol–water partition coefficient (Wildman–Crippen LogP) is -4.09. The molecule has 3 radical (unpaired) electrons. The zero-order valence-corrected chi connectivity index (χ0v) is 60.6. The maximum atomic E-state index is 15.0. The van der Waals surface area contributed by atoms with Crippen LogP contribution in [0.15, 0.2) is 91.1 Å². The van der Waals surface area contributed by atoms with Crippen molar-refractivity contribution in [2.45, 2.75) is 113 Å². The van der Waals surface area contributed by atoms with Gasteiger partial charge in [-0.3, -0.25) is 72.3 Å². The smallest absolute Gasteiger partial charge is 0.317 e. The third kappa shape index (κ3) is 29.4. The summed E-state index contributed by atoms with van der Waals surface area (Å²) in [5, 5.41) is 81.3. The average molecular weight is 1520 g/mol. The van der Waals surface area contributed by atoms with Crippen molar-refractivity contribution in [1.29, 1.82) is 0 Å². The Bertz CT molecular complexity index is 3240. The fourth-order valence-corrected chi connectivity index (χ4v) is 11.4. The van der Waals surface area contributed by atoms with E-state index in [2.05, 4.69) is 72.8 Å². The first kappa shape index (κ1) is 84.0. The normalized spacial score (nSPS) is 16.6. The van der Waals surface area contributed by atoms with Crippen molar-refractivity contribution in [2.24, 2.45) is 5.73 Å². The quantitative estimate of drug-likeness (QED) is 0.0150. The van der Waals surface area contributed by atoms with Crippen molar-refractivity contribution in [3.63, 3.8) is 0 Å². The molecule has 4 aromatic rings. The number of benzene rings is 3. The Labute approximate surface area is 603 Å². The van der Waals surface area contributed by atoms with Crippen molar-refractivity contribution in [3.05, 3.63) is 108 Å². The molecular weight excluding hydrogens is 1420 g/mol. The molecule has 34 heteroatoms. The Morgan fingerprint density at radius 2 is 0.859 bits per heavy atom. The summed E-state index contributed by atoms with van der Waals surface area (Å²) in [6.45, 7) is 1.67. The number of thiol groups is 2. The molecule has 31 nitrogen and oxygen atoms in total. The molecule has 1 saturated heterocycles. The van der Waals surface area contributed by atoms with Gasteiger partial charge in [0.1, 0.15) is 42.3 Å². The molecule has 0 unspecified atom stereocenters. The molecule has 8 amide bonds. The second-order valence-electron chi connectivity index (χ2n) is 24.1. The molecule has 1 aromatic heterocycles. The first-order valence-electron chi connectivity index (χ1n) is 32.3. The summed E-state index contributed by atoms with van der Waals surface area (Å²) < 4.78 is 0. The van der Waals surface area contributed by atoms with Crippen LogP contribution >= 0.6 is 25.3 Å². The predicted molar refractivity (Wildman–Crippen MR) is 373 cm³/mol. The number of aliphatic carboxylic acids is 3. The number of nitrogens with two attached hydrogens (primary N) is 1. The van der Waals surface area contributed by atoms with Gasteiger partial charge in [0.2, 0.25) is 47.3 Å². The molecule has 541 valence electrons. The number of aliphatic hydroxyl groups is 3. The van der Waals surface area contributed by atoms with Gasteiger partial charge < -0.3 is 83.9 Å². The Morgan fingerprint density at radius 1 is 0.475 bits per heavy atom. The van der Waals surface area contributed by atoms with Crippen LogP contribution in [0.25, 0.3) is 10.9 Å².